The third kappa shape index (κ3) is 15.2. The van der Waals surface area contributed by atoms with Gasteiger partial charge in [-0.25, -0.2) is 4.18 Å². The molecule has 96 heavy (non-hydrogen) atoms. The molecule has 0 aromatic rings. The molecule has 554 valence electrons. The second-order valence-electron chi connectivity index (χ2n) is 29.5. The lowest BCUT2D eigenvalue weighted by Crippen LogP contribution is -2.67. The number of carbonyl (C=O) groups is 1. The van der Waals surface area contributed by atoms with Crippen molar-refractivity contribution in [2.45, 2.75) is 309 Å². The van der Waals surface area contributed by atoms with Gasteiger partial charge in [-0.3, -0.25) is 9.35 Å². The molecule has 33 nitrogen and oxygen atoms in total. The van der Waals surface area contributed by atoms with E-state index in [-0.39, 0.29) is 48.7 Å². The number of hydrogen-bond donors (Lipinski definition) is 17. The van der Waals surface area contributed by atoms with Crippen LogP contribution < -0.4 is 0 Å². The smallest absolute Gasteiger partial charge is 0.394 e. The van der Waals surface area contributed by atoms with Crippen LogP contribution in [-0.4, -0.2) is 316 Å². The summed E-state index contributed by atoms with van der Waals surface area (Å²) in [7, 11) is -4.92. The molecule has 6 saturated heterocycles. The topological polar surface area (TPSA) is 515 Å². The largest absolute Gasteiger partial charge is 0.397 e. The van der Waals surface area contributed by atoms with Crippen LogP contribution in [-0.2, 0) is 76.2 Å². The highest BCUT2D eigenvalue weighted by molar-refractivity contribution is 7.80. The van der Waals surface area contributed by atoms with E-state index in [2.05, 4.69) is 19.9 Å². The Kier molecular flexibility index (Phi) is 24.1. The first-order valence-corrected chi connectivity index (χ1v) is 34.8. The van der Waals surface area contributed by atoms with Crippen LogP contribution in [0.15, 0.2) is 11.6 Å². The van der Waals surface area contributed by atoms with Crippen molar-refractivity contribution in [2.24, 2.45) is 40.4 Å². The van der Waals surface area contributed by atoms with Crippen LogP contribution in [0.4, 0.5) is 0 Å². The maximum Gasteiger partial charge on any atom is 0.397 e. The van der Waals surface area contributed by atoms with Crippen LogP contribution in [0.5, 0.6) is 0 Å². The molecule has 4 aliphatic carbocycles. The fourth-order valence-electron chi connectivity index (χ4n) is 17.2. The van der Waals surface area contributed by atoms with E-state index in [1.54, 1.807) is 6.92 Å². The summed E-state index contributed by atoms with van der Waals surface area (Å²) in [5.41, 5.74) is -1.36. The number of allylic oxidation sites excluding steroid dienone is 2. The van der Waals surface area contributed by atoms with E-state index >= 15 is 0 Å². The summed E-state index contributed by atoms with van der Waals surface area (Å²) in [6, 6.07) is 0. The second kappa shape index (κ2) is 30.1. The highest BCUT2D eigenvalue weighted by Crippen LogP contribution is 2.67. The molecule has 0 spiro atoms. The van der Waals surface area contributed by atoms with Gasteiger partial charge in [-0.15, -0.1) is 0 Å². The molecule has 9 fully saturated rings. The van der Waals surface area contributed by atoms with Crippen molar-refractivity contribution in [3.8, 4) is 0 Å². The number of aliphatic hydroxyl groups excluding tert-OH is 15. The van der Waals surface area contributed by atoms with Gasteiger partial charge in [0.2, 0.25) is 0 Å². The van der Waals surface area contributed by atoms with Crippen LogP contribution in [0.25, 0.3) is 0 Å². The molecule has 0 aromatic heterocycles. The van der Waals surface area contributed by atoms with Gasteiger partial charge in [0.15, 0.2) is 37.7 Å². The molecule has 4 unspecified atom stereocenters. The lowest BCUT2D eigenvalue weighted by Gasteiger charge is -2.60. The number of fused-ring (bicyclic) bond motifs is 5. The number of aliphatic hydroxyl groups is 16. The predicted octanol–water partition coefficient (Wildman–Crippen LogP) is -4.85. The maximum atomic E-state index is 13.3. The zero-order valence-corrected chi connectivity index (χ0v) is 55.7. The highest BCUT2D eigenvalue weighted by atomic mass is 32.3. The van der Waals surface area contributed by atoms with Crippen LogP contribution >= 0.6 is 0 Å². The summed E-state index contributed by atoms with van der Waals surface area (Å²) < 4.78 is 112. The SMILES string of the molecule is CC(C)CC(=O)CC(C)(O)[C@H]1CCC2C3C[C@H](O[C@@H]4O[C@H](C)[C@@H](O)[C@H](O[C@@H]5OC[C@@H](O[C@@H]6O[C@H](CO)[C@H](O)[C@H](O)[C@H]6O[C@@H]6O[C@H](C)[C@H](O)[C@H](O[C@@H]7O[C@H](CO)[C@H](O)[C@H](O)[C@H]7O)[C@H]6O)[C@H](O)[C@H]5O[C@@H]5O[C@H](C)[C@@H](O)[C@H](O)[C@H]5O)[C@H]4O)C4C[C@@H](OS(=O)(=O)O)CC[C@]4(C)C3=CC[C@@]21C. The molecule has 10 aliphatic rings. The number of carbonyl (C=O) groups excluding carboxylic acids is 1. The van der Waals surface area contributed by atoms with E-state index in [1.165, 1.54) is 20.8 Å². The lowest BCUT2D eigenvalue weighted by molar-refractivity contribution is -0.402. The Morgan fingerprint density at radius 1 is 0.573 bits per heavy atom. The van der Waals surface area contributed by atoms with Crippen molar-refractivity contribution in [3.63, 3.8) is 0 Å². The zero-order chi connectivity index (χ0) is 70.3. The molecule has 10 rings (SSSR count). The second-order valence-corrected chi connectivity index (χ2v) is 30.5. The van der Waals surface area contributed by atoms with Crippen molar-refractivity contribution in [3.05, 3.63) is 11.6 Å². The number of Topliss-reactive ketones (excluding diaryl/α,β-unsaturated/α-hetero) is 1. The van der Waals surface area contributed by atoms with Gasteiger partial charge in [-0.05, 0) is 113 Å². The molecule has 3 saturated carbocycles. The van der Waals surface area contributed by atoms with Gasteiger partial charge in [0.1, 0.15) is 128 Å². The first-order chi connectivity index (χ1) is 44.9. The van der Waals surface area contributed by atoms with E-state index in [1.807, 2.05) is 13.8 Å². The normalized spacial score (nSPS) is 51.6. The molecule has 34 heteroatoms. The van der Waals surface area contributed by atoms with Crippen LogP contribution in [0.3, 0.4) is 0 Å². The fourth-order valence-corrected chi connectivity index (χ4v) is 17.8. The molecule has 0 radical (unpaired) electrons. The minimum atomic E-state index is -4.92. The van der Waals surface area contributed by atoms with Crippen molar-refractivity contribution in [1.82, 2.24) is 0 Å². The van der Waals surface area contributed by atoms with E-state index in [0.717, 1.165) is 5.57 Å². The summed E-state index contributed by atoms with van der Waals surface area (Å²) in [6.45, 7) is 11.4. The van der Waals surface area contributed by atoms with Crippen molar-refractivity contribution in [1.29, 1.82) is 0 Å². The molecule has 38 atom stereocenters. The van der Waals surface area contributed by atoms with Gasteiger partial charge in [-0.2, -0.15) is 8.42 Å². The van der Waals surface area contributed by atoms with Crippen molar-refractivity contribution in [2.75, 3.05) is 19.8 Å². The Balaban J connectivity index is 0.903. The first-order valence-electron chi connectivity index (χ1n) is 33.4. The third-order valence-electron chi connectivity index (χ3n) is 22.4. The summed E-state index contributed by atoms with van der Waals surface area (Å²) in [5, 5.41) is 179. The monoisotopic (exact) mass is 1410 g/mol. The standard InChI is InChI=1S/C62H102O33S/c1-22(2)15-26(65)18-62(8,79)36-10-9-29-28-17-32(31-16-27(95-96(80,81)82)11-13-60(31,6)30(28)12-14-61(29,36)7)87-56-48(77)51(39(68)24(4)85-56)92-58-52(93-54-46(75)43(72)37(66)23(3)84-54)42(71)35(21-83-58)90-59-53(45(74)41(70)34(20-64)89-59)94-57-49(78)50(38(67)25(5)86-57)91-55-47(76)44(73)40(69)33(19-63)88-55/h12,22-25,27-29,31-59,63-64,66-79H,9-11,13-21H2,1-8H3,(H,80,81,82)/t23-,24-,25-,27+,28?,29?,31?,32+,33-,34-,35-,36+,37-,38+,39-,40+,41+,42+,43+,44+,45+,46-,47-,48-,49-,50+,51+,52-,53-,54+,55+,56+,57+,58+,59+,60-,61+,62?/m1/s1. The molecule has 0 amide bonds. The Morgan fingerprint density at radius 2 is 1.06 bits per heavy atom. The summed E-state index contributed by atoms with van der Waals surface area (Å²) >= 11 is 0. The van der Waals surface area contributed by atoms with E-state index in [0.29, 0.717) is 38.5 Å². The predicted molar refractivity (Wildman–Crippen MR) is 318 cm³/mol. The van der Waals surface area contributed by atoms with Crippen LogP contribution in [0, 0.1) is 40.4 Å². The fraction of sp³-hybridized carbons (Fsp3) is 0.952. The average molecular weight is 1410 g/mol. The lowest BCUT2D eigenvalue weighted by atomic mass is 9.47. The van der Waals surface area contributed by atoms with Gasteiger partial charge in [0, 0.05) is 12.8 Å². The van der Waals surface area contributed by atoms with Gasteiger partial charge in [0.25, 0.3) is 0 Å². The number of ketones is 1. The summed E-state index contributed by atoms with van der Waals surface area (Å²) in [4.78, 5) is 13.3. The van der Waals surface area contributed by atoms with E-state index in [9.17, 15) is 99.5 Å². The molecular formula is C62H102O33S. The van der Waals surface area contributed by atoms with Crippen molar-refractivity contribution >= 4 is 16.2 Å². The minimum Gasteiger partial charge on any atom is -0.394 e. The zero-order valence-electron chi connectivity index (χ0n) is 54.9. The quantitative estimate of drug-likeness (QED) is 0.0379. The Labute approximate surface area is 555 Å². The molecule has 17 N–H and O–H groups in total. The van der Waals surface area contributed by atoms with Crippen molar-refractivity contribution < 1.29 is 160 Å². The van der Waals surface area contributed by atoms with Gasteiger partial charge >= 0.3 is 10.4 Å². The highest BCUT2D eigenvalue weighted by Gasteiger charge is 2.64. The number of rotatable bonds is 21. The molecule has 6 aliphatic heterocycles. The first kappa shape index (κ1) is 76.8. The summed E-state index contributed by atoms with van der Waals surface area (Å²) in [6.07, 6.45) is -48.6. The van der Waals surface area contributed by atoms with Gasteiger partial charge in [-0.1, -0.05) is 39.3 Å². The number of ether oxygens (including phenoxy) is 12. The average Bonchev–Trinajstić information content (AvgIpc) is 1.29. The van der Waals surface area contributed by atoms with E-state index in [4.69, 9.17) is 61.0 Å². The third-order valence-corrected chi connectivity index (χ3v) is 22.9. The molecular weight excluding hydrogens is 1300 g/mol. The minimum absolute atomic E-state index is 0.00878. The molecule has 0 bridgehead atoms. The number of hydrogen-bond acceptors (Lipinski definition) is 32. The Bertz CT molecular complexity index is 2750. The molecule has 6 heterocycles. The van der Waals surface area contributed by atoms with Gasteiger partial charge < -0.3 is 139 Å². The van der Waals surface area contributed by atoms with Gasteiger partial charge in [0.05, 0.1) is 55.9 Å². The maximum absolute atomic E-state index is 13.3. The summed E-state index contributed by atoms with van der Waals surface area (Å²) in [5.74, 6) is -0.947. The van der Waals surface area contributed by atoms with Crippen LogP contribution in [0.2, 0.25) is 0 Å². The Hall–Kier alpha value is -1.84. The van der Waals surface area contributed by atoms with Crippen LogP contribution in [0.1, 0.15) is 113 Å². The Morgan fingerprint density at radius 3 is 1.64 bits per heavy atom. The molecule has 0 aromatic carbocycles. The van der Waals surface area contributed by atoms with E-state index < -0.39 is 243 Å².